The summed E-state index contributed by atoms with van der Waals surface area (Å²) >= 11 is 0. The maximum absolute atomic E-state index is 12.2. The maximum Gasteiger partial charge on any atom is 0.192 e. The minimum Gasteiger partial charge on any atom is -0.289 e. The smallest absolute Gasteiger partial charge is 0.192 e. The molecule has 1 aromatic rings. The van der Waals surface area contributed by atoms with Gasteiger partial charge in [-0.25, -0.2) is 0 Å². The lowest BCUT2D eigenvalue weighted by atomic mass is 9.79. The van der Waals surface area contributed by atoms with E-state index in [0.29, 0.717) is 0 Å². The molecule has 0 saturated heterocycles. The fourth-order valence-corrected chi connectivity index (χ4v) is 1.96. The first kappa shape index (κ1) is 11.8. The lowest BCUT2D eigenvalue weighted by Gasteiger charge is -2.26. The number of carbonyl (C=O) groups is 1. The summed E-state index contributed by atoms with van der Waals surface area (Å²) in [7, 11) is 0. The zero-order valence-corrected chi connectivity index (χ0v) is 10.4. The summed E-state index contributed by atoms with van der Waals surface area (Å²) in [5, 5.41) is 0. The quantitative estimate of drug-likeness (QED) is 0.707. The van der Waals surface area contributed by atoms with Gasteiger partial charge in [0.1, 0.15) is 0 Å². The zero-order valence-electron chi connectivity index (χ0n) is 10.4. The largest absolute Gasteiger partial charge is 0.289 e. The Labute approximate surface area is 103 Å². The number of hydrogen-bond acceptors (Lipinski definition) is 1. The van der Waals surface area contributed by atoms with Crippen molar-refractivity contribution < 1.29 is 4.79 Å². The molecule has 0 aliphatic heterocycles. The molecule has 1 atom stereocenters. The molecule has 0 spiro atoms. The van der Waals surface area contributed by atoms with Crippen molar-refractivity contribution in [3.63, 3.8) is 0 Å². The number of Topliss-reactive ketones (excluding diaryl/α,β-unsaturated/α-hetero) is 1. The van der Waals surface area contributed by atoms with Gasteiger partial charge in [-0.1, -0.05) is 62.4 Å². The van der Waals surface area contributed by atoms with Crippen LogP contribution < -0.4 is 0 Å². The number of ketones is 1. The predicted octanol–water partition coefficient (Wildman–Crippen LogP) is 4.17. The molecule has 17 heavy (non-hydrogen) atoms. The number of carbonyl (C=O) groups excluding carboxylic acids is 1. The van der Waals surface area contributed by atoms with E-state index in [4.69, 9.17) is 0 Å². The molecular formula is C16H18O. The van der Waals surface area contributed by atoms with Gasteiger partial charge in [-0.3, -0.25) is 4.79 Å². The topological polar surface area (TPSA) is 17.1 Å². The third-order valence-corrected chi connectivity index (χ3v) is 3.56. The summed E-state index contributed by atoms with van der Waals surface area (Å²) in [5.74, 6) is 0.125. The molecule has 0 saturated carbocycles. The Morgan fingerprint density at radius 1 is 1.29 bits per heavy atom. The highest BCUT2D eigenvalue weighted by Gasteiger charge is 2.22. The van der Waals surface area contributed by atoms with Gasteiger partial charge < -0.3 is 0 Å². The van der Waals surface area contributed by atoms with Gasteiger partial charge in [-0.05, 0) is 18.3 Å². The first-order valence-corrected chi connectivity index (χ1v) is 6.14. The third-order valence-electron chi connectivity index (χ3n) is 3.56. The third kappa shape index (κ3) is 2.55. The average Bonchev–Trinajstić information content (AvgIpc) is 2.40. The summed E-state index contributed by atoms with van der Waals surface area (Å²) in [6.07, 6.45) is 8.27. The summed E-state index contributed by atoms with van der Waals surface area (Å²) in [4.78, 5) is 12.2. The molecule has 1 aliphatic carbocycles. The van der Waals surface area contributed by atoms with Crippen LogP contribution >= 0.6 is 0 Å². The molecule has 1 nitrogen and oxygen atoms in total. The van der Waals surface area contributed by atoms with Gasteiger partial charge in [-0.2, -0.15) is 0 Å². The normalized spacial score (nSPS) is 23.3. The van der Waals surface area contributed by atoms with Gasteiger partial charge in [0.15, 0.2) is 5.78 Å². The SMILES string of the molecule is CCC1(C)C=CC(C(=O)c2ccccc2)=CC1. The van der Waals surface area contributed by atoms with Crippen molar-refractivity contribution in [1.29, 1.82) is 0 Å². The molecule has 0 N–H and O–H groups in total. The second-order valence-electron chi connectivity index (χ2n) is 4.90. The predicted molar refractivity (Wildman–Crippen MR) is 71.0 cm³/mol. The fraction of sp³-hybridized carbons (Fsp3) is 0.312. The summed E-state index contributed by atoms with van der Waals surface area (Å²) < 4.78 is 0. The first-order chi connectivity index (χ1) is 8.14. The monoisotopic (exact) mass is 226 g/mol. The van der Waals surface area contributed by atoms with Crippen molar-refractivity contribution in [2.75, 3.05) is 0 Å². The van der Waals surface area contributed by atoms with Crippen molar-refractivity contribution >= 4 is 5.78 Å². The lowest BCUT2D eigenvalue weighted by Crippen LogP contribution is -2.15. The van der Waals surface area contributed by atoms with Crippen LogP contribution in [0.5, 0.6) is 0 Å². The van der Waals surface area contributed by atoms with E-state index in [1.54, 1.807) is 0 Å². The molecule has 0 radical (unpaired) electrons. The second kappa shape index (κ2) is 4.70. The van der Waals surface area contributed by atoms with Crippen LogP contribution in [0.3, 0.4) is 0 Å². The molecule has 0 fully saturated rings. The Bertz CT molecular complexity index is 468. The van der Waals surface area contributed by atoms with Crippen molar-refractivity contribution in [2.45, 2.75) is 26.7 Å². The van der Waals surface area contributed by atoms with Crippen LogP contribution in [0.2, 0.25) is 0 Å². The highest BCUT2D eigenvalue weighted by atomic mass is 16.1. The molecule has 1 aromatic carbocycles. The van der Waals surface area contributed by atoms with Crippen molar-refractivity contribution in [1.82, 2.24) is 0 Å². The molecule has 0 bridgehead atoms. The van der Waals surface area contributed by atoms with Gasteiger partial charge in [-0.15, -0.1) is 0 Å². The number of hydrogen-bond donors (Lipinski definition) is 0. The van der Waals surface area contributed by atoms with E-state index in [-0.39, 0.29) is 11.2 Å². The highest BCUT2D eigenvalue weighted by molar-refractivity contribution is 6.10. The van der Waals surface area contributed by atoms with Crippen LogP contribution in [0.15, 0.2) is 54.1 Å². The minimum atomic E-state index is 0.125. The Hall–Kier alpha value is -1.63. The Morgan fingerprint density at radius 3 is 2.53 bits per heavy atom. The van der Waals surface area contributed by atoms with E-state index >= 15 is 0 Å². The molecule has 0 aromatic heterocycles. The molecule has 2 rings (SSSR count). The van der Waals surface area contributed by atoms with Gasteiger partial charge in [0.25, 0.3) is 0 Å². The van der Waals surface area contributed by atoms with Crippen molar-refractivity contribution in [3.8, 4) is 0 Å². The minimum absolute atomic E-state index is 0.125. The van der Waals surface area contributed by atoms with Crippen molar-refractivity contribution in [3.05, 3.63) is 59.7 Å². The number of allylic oxidation sites excluding steroid dienone is 4. The molecule has 0 heterocycles. The van der Waals surface area contributed by atoms with E-state index in [1.165, 1.54) is 0 Å². The van der Waals surface area contributed by atoms with Crippen LogP contribution in [0.1, 0.15) is 37.0 Å². The van der Waals surface area contributed by atoms with Gasteiger partial charge in [0, 0.05) is 11.1 Å². The molecule has 1 heteroatoms. The van der Waals surface area contributed by atoms with Crippen molar-refractivity contribution in [2.24, 2.45) is 5.41 Å². The molecule has 1 unspecified atom stereocenters. The van der Waals surface area contributed by atoms with Gasteiger partial charge >= 0.3 is 0 Å². The first-order valence-electron chi connectivity index (χ1n) is 6.14. The standard InChI is InChI=1S/C16H18O/c1-3-16(2)11-9-14(10-12-16)15(17)13-7-5-4-6-8-13/h4-11H,3,12H2,1-2H3. The van der Waals surface area contributed by atoms with Gasteiger partial charge in [0.05, 0.1) is 0 Å². The van der Waals surface area contributed by atoms with E-state index in [2.05, 4.69) is 26.0 Å². The average molecular weight is 226 g/mol. The van der Waals surface area contributed by atoms with E-state index in [0.717, 1.165) is 24.0 Å². The summed E-state index contributed by atoms with van der Waals surface area (Å²) in [5.41, 5.74) is 1.81. The Kier molecular flexibility index (Phi) is 3.28. The molecule has 0 amide bonds. The zero-order chi connectivity index (χ0) is 12.3. The Morgan fingerprint density at radius 2 is 2.00 bits per heavy atom. The molecule has 88 valence electrons. The number of benzene rings is 1. The van der Waals surface area contributed by atoms with Crippen LogP contribution in [0, 0.1) is 5.41 Å². The summed E-state index contributed by atoms with van der Waals surface area (Å²) in [6.45, 7) is 4.41. The number of rotatable bonds is 3. The fourth-order valence-electron chi connectivity index (χ4n) is 1.96. The van der Waals surface area contributed by atoms with Crippen LogP contribution in [-0.4, -0.2) is 5.78 Å². The Balaban J connectivity index is 2.17. The van der Waals surface area contributed by atoms with Crippen LogP contribution in [0.25, 0.3) is 0 Å². The van der Waals surface area contributed by atoms with Crippen LogP contribution in [0.4, 0.5) is 0 Å². The summed E-state index contributed by atoms with van der Waals surface area (Å²) in [6, 6.07) is 9.46. The molecular weight excluding hydrogens is 208 g/mol. The lowest BCUT2D eigenvalue weighted by molar-refractivity contribution is 0.103. The van der Waals surface area contributed by atoms with E-state index < -0.39 is 0 Å². The van der Waals surface area contributed by atoms with Crippen LogP contribution in [-0.2, 0) is 0 Å². The molecule has 1 aliphatic rings. The van der Waals surface area contributed by atoms with Gasteiger partial charge in [0.2, 0.25) is 0 Å². The van der Waals surface area contributed by atoms with E-state index in [1.807, 2.05) is 36.4 Å². The highest BCUT2D eigenvalue weighted by Crippen LogP contribution is 2.33. The van der Waals surface area contributed by atoms with E-state index in [9.17, 15) is 4.79 Å². The maximum atomic E-state index is 12.2. The second-order valence-corrected chi connectivity index (χ2v) is 4.90.